The van der Waals surface area contributed by atoms with Crippen molar-refractivity contribution in [1.29, 1.82) is 0 Å². The summed E-state index contributed by atoms with van der Waals surface area (Å²) in [5.74, 6) is 0. The Kier molecular flexibility index (Phi) is 6.01. The van der Waals surface area contributed by atoms with Gasteiger partial charge in [-0.2, -0.15) is 0 Å². The average molecular weight is 665 g/mol. The molecule has 3 nitrogen and oxygen atoms in total. The summed E-state index contributed by atoms with van der Waals surface area (Å²) in [4.78, 5) is 10.4. The van der Waals surface area contributed by atoms with Gasteiger partial charge in [-0.05, 0) is 50.2 Å². The Labute approximate surface area is 300 Å². The number of benzene rings is 8. The normalized spacial score (nSPS) is 13.3. The first kappa shape index (κ1) is 29.2. The van der Waals surface area contributed by atoms with E-state index < -0.39 is 0 Å². The second-order valence-electron chi connectivity index (χ2n) is 14.5. The van der Waals surface area contributed by atoms with Crippen molar-refractivity contribution in [2.24, 2.45) is 0 Å². The van der Waals surface area contributed by atoms with Gasteiger partial charge in [0.2, 0.25) is 0 Å². The van der Waals surface area contributed by atoms with Crippen LogP contribution in [0.4, 0.5) is 0 Å². The highest BCUT2D eigenvalue weighted by Crippen LogP contribution is 2.50. The van der Waals surface area contributed by atoms with Gasteiger partial charge in [0.05, 0.1) is 22.9 Å². The van der Waals surface area contributed by atoms with Crippen molar-refractivity contribution in [2.75, 3.05) is 0 Å². The van der Waals surface area contributed by atoms with Crippen LogP contribution in [0, 0.1) is 0 Å². The van der Waals surface area contributed by atoms with Gasteiger partial charge in [0, 0.05) is 43.7 Å². The second kappa shape index (κ2) is 10.7. The minimum atomic E-state index is -0.0777. The van der Waals surface area contributed by atoms with Crippen molar-refractivity contribution in [1.82, 2.24) is 9.97 Å². The molecule has 2 aromatic heterocycles. The number of aromatic nitrogens is 2. The van der Waals surface area contributed by atoms with Gasteiger partial charge in [0.1, 0.15) is 11.2 Å². The van der Waals surface area contributed by atoms with E-state index in [2.05, 4.69) is 166 Å². The molecule has 0 unspecified atom stereocenters. The Morgan fingerprint density at radius 2 is 0.962 bits per heavy atom. The molecule has 0 amide bonds. The molecular formula is C49H32N2O. The molecule has 0 bridgehead atoms. The van der Waals surface area contributed by atoms with E-state index >= 15 is 0 Å². The van der Waals surface area contributed by atoms with Gasteiger partial charge in [-0.25, -0.2) is 4.98 Å². The third-order valence-electron chi connectivity index (χ3n) is 11.3. The van der Waals surface area contributed by atoms with Crippen molar-refractivity contribution >= 4 is 54.5 Å². The molecule has 11 rings (SSSR count). The number of hydrogen-bond donors (Lipinski definition) is 0. The maximum absolute atomic E-state index is 6.99. The van der Waals surface area contributed by atoms with E-state index in [1.54, 1.807) is 0 Å². The van der Waals surface area contributed by atoms with E-state index in [9.17, 15) is 0 Å². The van der Waals surface area contributed by atoms with Crippen molar-refractivity contribution in [3.05, 3.63) is 169 Å². The molecule has 10 aromatic rings. The largest absolute Gasteiger partial charge is 0.455 e. The minimum Gasteiger partial charge on any atom is -0.455 e. The summed E-state index contributed by atoms with van der Waals surface area (Å²) < 4.78 is 6.99. The van der Waals surface area contributed by atoms with Gasteiger partial charge < -0.3 is 4.42 Å². The highest BCUT2D eigenvalue weighted by Gasteiger charge is 2.35. The highest BCUT2D eigenvalue weighted by atomic mass is 16.3. The summed E-state index contributed by atoms with van der Waals surface area (Å²) in [6.07, 6.45) is 1.92. The molecule has 52 heavy (non-hydrogen) atoms. The Hall–Kier alpha value is -6.58. The Bertz CT molecular complexity index is 3080. The molecule has 3 heteroatoms. The van der Waals surface area contributed by atoms with Gasteiger partial charge in [0.15, 0.2) is 0 Å². The molecule has 0 N–H and O–H groups in total. The lowest BCUT2D eigenvalue weighted by atomic mass is 9.81. The smallest absolute Gasteiger partial charge is 0.143 e. The van der Waals surface area contributed by atoms with Crippen LogP contribution in [-0.2, 0) is 5.41 Å². The van der Waals surface area contributed by atoms with Crippen molar-refractivity contribution in [3.8, 4) is 44.6 Å². The zero-order chi connectivity index (χ0) is 34.6. The van der Waals surface area contributed by atoms with Gasteiger partial charge in [-0.1, -0.05) is 159 Å². The van der Waals surface area contributed by atoms with Gasteiger partial charge >= 0.3 is 0 Å². The van der Waals surface area contributed by atoms with Gasteiger partial charge in [-0.15, -0.1) is 0 Å². The zero-order valence-corrected chi connectivity index (χ0v) is 28.8. The number of fused-ring (bicyclic) bond motifs is 12. The van der Waals surface area contributed by atoms with Crippen LogP contribution < -0.4 is 0 Å². The lowest BCUT2D eigenvalue weighted by Crippen LogP contribution is -2.14. The third kappa shape index (κ3) is 4.02. The quantitative estimate of drug-likeness (QED) is 0.176. The molecule has 0 atom stereocenters. The van der Waals surface area contributed by atoms with E-state index in [4.69, 9.17) is 14.4 Å². The zero-order valence-electron chi connectivity index (χ0n) is 28.8. The molecule has 1 aliphatic carbocycles. The molecule has 8 aromatic carbocycles. The number of rotatable bonds is 3. The van der Waals surface area contributed by atoms with Gasteiger partial charge in [-0.3, -0.25) is 4.98 Å². The maximum Gasteiger partial charge on any atom is 0.143 e. The molecule has 0 saturated heterocycles. The number of hydrogen-bond acceptors (Lipinski definition) is 3. The van der Waals surface area contributed by atoms with Crippen LogP contribution in [0.5, 0.6) is 0 Å². The van der Waals surface area contributed by atoms with E-state index in [1.165, 1.54) is 33.0 Å². The first-order valence-electron chi connectivity index (χ1n) is 17.9. The van der Waals surface area contributed by atoms with Gasteiger partial charge in [0.25, 0.3) is 0 Å². The summed E-state index contributed by atoms with van der Waals surface area (Å²) in [6.45, 7) is 4.66. The summed E-state index contributed by atoms with van der Waals surface area (Å²) in [5, 5.41) is 6.80. The topological polar surface area (TPSA) is 38.9 Å². The molecule has 244 valence electrons. The second-order valence-corrected chi connectivity index (χ2v) is 14.5. The standard InChI is InChI=1S/C49H32N2O/c1-49(2)42-24-10-9-16-34(42)35-26-25-29(27-43(35)49)30-20-11-22-40-41-23-12-21-39(48(41)52-47(30)40)33-15-3-6-17-36(33)44-28-50-45-37-18-7-4-13-31(37)32-14-5-8-19-38(32)46(45)51-44/h3-28H,1-2H3. The fraction of sp³-hybridized carbons (Fsp3) is 0.0612. The first-order valence-corrected chi connectivity index (χ1v) is 17.9. The SMILES string of the molecule is CC1(C)c2ccccc2-c2ccc(-c3cccc4c3oc3c(-c5ccccc5-c5cnc6c7ccccc7c7ccccc7c6n5)cccc34)cc21. The van der Waals surface area contributed by atoms with Crippen LogP contribution in [0.2, 0.25) is 0 Å². The molecule has 2 heterocycles. The molecule has 0 spiro atoms. The Morgan fingerprint density at radius 1 is 0.423 bits per heavy atom. The lowest BCUT2D eigenvalue weighted by molar-refractivity contribution is 0.660. The van der Waals surface area contributed by atoms with Crippen LogP contribution in [0.1, 0.15) is 25.0 Å². The molecule has 0 aliphatic heterocycles. The summed E-state index contributed by atoms with van der Waals surface area (Å²) in [5.41, 5.74) is 15.1. The maximum atomic E-state index is 6.99. The van der Waals surface area contributed by atoms with E-state index in [1.807, 2.05) is 6.20 Å². The van der Waals surface area contributed by atoms with Crippen LogP contribution in [0.15, 0.2) is 162 Å². The summed E-state index contributed by atoms with van der Waals surface area (Å²) in [6, 6.07) is 54.2. The number of nitrogens with zero attached hydrogens (tertiary/aromatic N) is 2. The van der Waals surface area contributed by atoms with Crippen LogP contribution in [0.3, 0.4) is 0 Å². The predicted molar refractivity (Wildman–Crippen MR) is 216 cm³/mol. The van der Waals surface area contributed by atoms with Crippen molar-refractivity contribution < 1.29 is 4.42 Å². The lowest BCUT2D eigenvalue weighted by Gasteiger charge is -2.22. The molecule has 1 aliphatic rings. The summed E-state index contributed by atoms with van der Waals surface area (Å²) in [7, 11) is 0. The van der Waals surface area contributed by atoms with Crippen LogP contribution in [0.25, 0.3) is 99.2 Å². The van der Waals surface area contributed by atoms with Crippen LogP contribution in [-0.4, -0.2) is 9.97 Å². The Balaban J connectivity index is 1.09. The monoisotopic (exact) mass is 664 g/mol. The van der Waals surface area contributed by atoms with E-state index in [-0.39, 0.29) is 5.41 Å². The average Bonchev–Trinajstić information content (AvgIpc) is 3.70. The molecule has 0 radical (unpaired) electrons. The van der Waals surface area contributed by atoms with Crippen LogP contribution >= 0.6 is 0 Å². The first-order chi connectivity index (χ1) is 25.6. The van der Waals surface area contributed by atoms with E-state index in [0.717, 1.165) is 77.3 Å². The number of para-hydroxylation sites is 2. The Morgan fingerprint density at radius 3 is 1.71 bits per heavy atom. The minimum absolute atomic E-state index is 0.0777. The third-order valence-corrected chi connectivity index (χ3v) is 11.3. The van der Waals surface area contributed by atoms with Crippen molar-refractivity contribution in [3.63, 3.8) is 0 Å². The van der Waals surface area contributed by atoms with E-state index in [0.29, 0.717) is 0 Å². The predicted octanol–water partition coefficient (Wildman–Crippen LogP) is 13.1. The summed E-state index contributed by atoms with van der Waals surface area (Å²) >= 11 is 0. The van der Waals surface area contributed by atoms with Crippen molar-refractivity contribution in [2.45, 2.75) is 19.3 Å². The molecule has 0 fully saturated rings. The highest BCUT2D eigenvalue weighted by molar-refractivity contribution is 6.23. The fourth-order valence-electron chi connectivity index (χ4n) is 8.83. The fourth-order valence-corrected chi connectivity index (χ4v) is 8.83. The molecule has 0 saturated carbocycles. The molecular weight excluding hydrogens is 633 g/mol. The number of furan rings is 1.